The molecule has 4 heteroatoms. The zero-order chi connectivity index (χ0) is 10.2. The normalized spacial score (nSPS) is 37.9. The fraction of sp³-hybridized carbons (Fsp3) is 1.00. The highest BCUT2D eigenvalue weighted by Crippen LogP contribution is 2.35. The third kappa shape index (κ3) is 2.42. The lowest BCUT2D eigenvalue weighted by Gasteiger charge is -2.18. The molecular weight excluding hydrogens is 186 g/mol. The topological polar surface area (TPSA) is 15.3 Å². The molecule has 2 atom stereocenters. The summed E-state index contributed by atoms with van der Waals surface area (Å²) in [6.07, 6.45) is 1.83. The van der Waals surface area contributed by atoms with E-state index in [1.165, 1.54) is 0 Å². The molecule has 1 saturated heterocycles. The van der Waals surface area contributed by atoms with Crippen LogP contribution in [-0.4, -0.2) is 43.0 Å². The molecular formula is C10H18F2N2. The molecule has 0 radical (unpaired) electrons. The maximum absolute atomic E-state index is 12.9. The SMILES string of the molecule is CN1CCC(NC2CCC(F)(F)C2)C1. The summed E-state index contributed by atoms with van der Waals surface area (Å²) in [6, 6.07) is 0.473. The molecule has 2 nitrogen and oxygen atoms in total. The lowest BCUT2D eigenvalue weighted by atomic mass is 10.2. The largest absolute Gasteiger partial charge is 0.310 e. The molecule has 0 amide bonds. The van der Waals surface area contributed by atoms with E-state index in [1.54, 1.807) is 0 Å². The van der Waals surface area contributed by atoms with Crippen LogP contribution in [0, 0.1) is 0 Å². The van der Waals surface area contributed by atoms with Crippen LogP contribution >= 0.6 is 0 Å². The number of hydrogen-bond acceptors (Lipinski definition) is 2. The second-order valence-corrected chi connectivity index (χ2v) is 4.71. The molecule has 1 N–H and O–H groups in total. The maximum atomic E-state index is 12.9. The van der Waals surface area contributed by atoms with E-state index in [2.05, 4.69) is 17.3 Å². The van der Waals surface area contributed by atoms with Crippen LogP contribution in [0.2, 0.25) is 0 Å². The number of nitrogens with one attached hydrogen (secondary N) is 1. The van der Waals surface area contributed by atoms with E-state index >= 15 is 0 Å². The number of halogens is 2. The van der Waals surface area contributed by atoms with Crippen LogP contribution < -0.4 is 5.32 Å². The summed E-state index contributed by atoms with van der Waals surface area (Å²) in [6.45, 7) is 2.09. The summed E-state index contributed by atoms with van der Waals surface area (Å²) in [5, 5.41) is 3.34. The minimum absolute atomic E-state index is 0.0349. The van der Waals surface area contributed by atoms with Crippen molar-refractivity contribution in [3.05, 3.63) is 0 Å². The van der Waals surface area contributed by atoms with Crippen molar-refractivity contribution < 1.29 is 8.78 Å². The number of likely N-dealkylation sites (N-methyl/N-ethyl adjacent to an activating group) is 1. The van der Waals surface area contributed by atoms with Gasteiger partial charge in [0, 0.05) is 31.5 Å². The molecule has 0 aromatic carbocycles. The van der Waals surface area contributed by atoms with Crippen LogP contribution in [0.1, 0.15) is 25.7 Å². The van der Waals surface area contributed by atoms with Crippen molar-refractivity contribution in [1.29, 1.82) is 0 Å². The third-order valence-electron chi connectivity index (χ3n) is 3.27. The highest BCUT2D eigenvalue weighted by Gasteiger charge is 2.40. The van der Waals surface area contributed by atoms with Gasteiger partial charge in [-0.05, 0) is 26.4 Å². The Hall–Kier alpha value is -0.220. The first-order chi connectivity index (χ1) is 6.55. The second kappa shape index (κ2) is 3.74. The van der Waals surface area contributed by atoms with Crippen molar-refractivity contribution in [2.24, 2.45) is 0 Å². The Morgan fingerprint density at radius 3 is 2.57 bits per heavy atom. The molecule has 0 aromatic heterocycles. The standard InChI is InChI=1S/C10H18F2N2/c1-14-5-3-9(7-14)13-8-2-4-10(11,12)6-8/h8-9,13H,2-7H2,1H3. The fourth-order valence-electron chi connectivity index (χ4n) is 2.50. The van der Waals surface area contributed by atoms with Crippen LogP contribution in [0.3, 0.4) is 0 Å². The summed E-state index contributed by atoms with van der Waals surface area (Å²) in [5.41, 5.74) is 0. The highest BCUT2D eigenvalue weighted by molar-refractivity contribution is 4.90. The van der Waals surface area contributed by atoms with Crippen molar-refractivity contribution in [1.82, 2.24) is 10.2 Å². The molecule has 1 heterocycles. The first kappa shape index (κ1) is 10.3. The van der Waals surface area contributed by atoms with Gasteiger partial charge < -0.3 is 10.2 Å². The summed E-state index contributed by atoms with van der Waals surface area (Å²) >= 11 is 0. The Bertz CT molecular complexity index is 208. The predicted octanol–water partition coefficient (Wildman–Crippen LogP) is 1.47. The summed E-state index contributed by atoms with van der Waals surface area (Å²) < 4.78 is 25.8. The van der Waals surface area contributed by atoms with Gasteiger partial charge in [0.2, 0.25) is 5.92 Å². The number of likely N-dealkylation sites (tertiary alicyclic amines) is 1. The summed E-state index contributed by atoms with van der Waals surface area (Å²) in [4.78, 5) is 2.24. The summed E-state index contributed by atoms with van der Waals surface area (Å²) in [7, 11) is 2.07. The van der Waals surface area contributed by atoms with Gasteiger partial charge in [-0.2, -0.15) is 0 Å². The van der Waals surface area contributed by atoms with Gasteiger partial charge in [-0.1, -0.05) is 0 Å². The Morgan fingerprint density at radius 1 is 1.29 bits per heavy atom. The smallest absolute Gasteiger partial charge is 0.249 e. The van der Waals surface area contributed by atoms with Crippen LogP contribution in [0.25, 0.3) is 0 Å². The van der Waals surface area contributed by atoms with Gasteiger partial charge in [0.15, 0.2) is 0 Å². The van der Waals surface area contributed by atoms with Crippen molar-refractivity contribution in [3.63, 3.8) is 0 Å². The minimum Gasteiger partial charge on any atom is -0.310 e. The molecule has 82 valence electrons. The van der Waals surface area contributed by atoms with E-state index < -0.39 is 5.92 Å². The van der Waals surface area contributed by atoms with Gasteiger partial charge in [0.1, 0.15) is 0 Å². The minimum atomic E-state index is -2.41. The molecule has 0 bridgehead atoms. The van der Waals surface area contributed by atoms with E-state index in [1.807, 2.05) is 0 Å². The predicted molar refractivity (Wildman–Crippen MR) is 51.6 cm³/mol. The van der Waals surface area contributed by atoms with Gasteiger partial charge in [0.25, 0.3) is 0 Å². The molecule has 0 aromatic rings. The Labute approximate surface area is 83.7 Å². The number of rotatable bonds is 2. The quantitative estimate of drug-likeness (QED) is 0.732. The van der Waals surface area contributed by atoms with Gasteiger partial charge in [-0.25, -0.2) is 8.78 Å². The van der Waals surface area contributed by atoms with Crippen molar-refractivity contribution in [3.8, 4) is 0 Å². The molecule has 2 unspecified atom stereocenters. The van der Waals surface area contributed by atoms with Crippen molar-refractivity contribution in [2.75, 3.05) is 20.1 Å². The maximum Gasteiger partial charge on any atom is 0.249 e. The van der Waals surface area contributed by atoms with Crippen LogP contribution in [0.5, 0.6) is 0 Å². The molecule has 1 aliphatic heterocycles. The highest BCUT2D eigenvalue weighted by atomic mass is 19.3. The fourth-order valence-corrected chi connectivity index (χ4v) is 2.50. The Balaban J connectivity index is 1.76. The summed E-state index contributed by atoms with van der Waals surface area (Å²) in [5.74, 6) is -2.41. The van der Waals surface area contributed by atoms with Crippen molar-refractivity contribution >= 4 is 0 Å². The van der Waals surface area contributed by atoms with E-state index in [0.29, 0.717) is 12.5 Å². The third-order valence-corrected chi connectivity index (χ3v) is 3.27. The average Bonchev–Trinajstić information content (AvgIpc) is 2.59. The van der Waals surface area contributed by atoms with Gasteiger partial charge >= 0.3 is 0 Å². The van der Waals surface area contributed by atoms with E-state index in [9.17, 15) is 8.78 Å². The molecule has 2 rings (SSSR count). The lowest BCUT2D eigenvalue weighted by Crippen LogP contribution is -2.38. The van der Waals surface area contributed by atoms with Crippen LogP contribution in [0.15, 0.2) is 0 Å². The first-order valence-corrected chi connectivity index (χ1v) is 5.38. The number of hydrogen-bond donors (Lipinski definition) is 1. The zero-order valence-corrected chi connectivity index (χ0v) is 8.60. The number of nitrogens with zero attached hydrogens (tertiary/aromatic N) is 1. The molecule has 2 aliphatic rings. The van der Waals surface area contributed by atoms with Gasteiger partial charge in [0.05, 0.1) is 0 Å². The molecule has 1 aliphatic carbocycles. The molecule has 2 fully saturated rings. The Morgan fingerprint density at radius 2 is 2.07 bits per heavy atom. The average molecular weight is 204 g/mol. The first-order valence-electron chi connectivity index (χ1n) is 5.38. The monoisotopic (exact) mass is 204 g/mol. The van der Waals surface area contributed by atoms with Gasteiger partial charge in [-0.15, -0.1) is 0 Å². The molecule has 14 heavy (non-hydrogen) atoms. The lowest BCUT2D eigenvalue weighted by molar-refractivity contribution is 0.00663. The van der Waals surface area contributed by atoms with E-state index in [4.69, 9.17) is 0 Å². The zero-order valence-electron chi connectivity index (χ0n) is 8.60. The van der Waals surface area contributed by atoms with Crippen LogP contribution in [0.4, 0.5) is 8.78 Å². The van der Waals surface area contributed by atoms with Crippen molar-refractivity contribution in [2.45, 2.75) is 43.7 Å². The van der Waals surface area contributed by atoms with Gasteiger partial charge in [-0.3, -0.25) is 0 Å². The molecule has 0 spiro atoms. The van der Waals surface area contributed by atoms with E-state index in [-0.39, 0.29) is 18.9 Å². The second-order valence-electron chi connectivity index (χ2n) is 4.71. The van der Waals surface area contributed by atoms with Crippen LogP contribution in [-0.2, 0) is 0 Å². The Kier molecular flexibility index (Phi) is 2.75. The van der Waals surface area contributed by atoms with E-state index in [0.717, 1.165) is 19.5 Å². The molecule has 1 saturated carbocycles. The number of alkyl halides is 2.